The highest BCUT2D eigenvalue weighted by atomic mass is 16.1. The second kappa shape index (κ2) is 5.04. The van der Waals surface area contributed by atoms with Gasteiger partial charge in [-0.2, -0.15) is 0 Å². The van der Waals surface area contributed by atoms with Gasteiger partial charge in [0.2, 0.25) is 0 Å². The summed E-state index contributed by atoms with van der Waals surface area (Å²) in [6.07, 6.45) is 4.32. The molecule has 1 aliphatic carbocycles. The fourth-order valence-corrected chi connectivity index (χ4v) is 1.92. The molecule has 0 saturated carbocycles. The van der Waals surface area contributed by atoms with Gasteiger partial charge in [0.05, 0.1) is 0 Å². The number of allylic oxidation sites excluding steroid dienone is 2. The summed E-state index contributed by atoms with van der Waals surface area (Å²) in [7, 11) is 4.04. The molecule has 0 bridgehead atoms. The van der Waals surface area contributed by atoms with Crippen LogP contribution in [0.3, 0.4) is 0 Å². The van der Waals surface area contributed by atoms with Crippen molar-refractivity contribution in [2.75, 3.05) is 24.3 Å². The van der Waals surface area contributed by atoms with E-state index in [9.17, 15) is 4.79 Å². The van der Waals surface area contributed by atoms with Crippen LogP contribution in [0.15, 0.2) is 36.0 Å². The first kappa shape index (κ1) is 11.7. The molecular weight excluding hydrogens is 212 g/mol. The Bertz CT molecular complexity index is 432. The molecule has 1 aliphatic rings. The second-order valence-electron chi connectivity index (χ2n) is 4.56. The lowest BCUT2D eigenvalue weighted by molar-refractivity contribution is -0.115. The number of ketones is 1. The van der Waals surface area contributed by atoms with Crippen LogP contribution in [-0.2, 0) is 4.79 Å². The molecule has 3 nitrogen and oxygen atoms in total. The molecule has 0 atom stereocenters. The summed E-state index contributed by atoms with van der Waals surface area (Å²) in [5.74, 6) is 0.226. The number of carbonyl (C=O) groups is 1. The number of hydrogen-bond acceptors (Lipinski definition) is 3. The quantitative estimate of drug-likeness (QED) is 0.866. The van der Waals surface area contributed by atoms with Crippen molar-refractivity contribution in [1.29, 1.82) is 0 Å². The van der Waals surface area contributed by atoms with E-state index in [1.807, 2.05) is 26.2 Å². The SMILES string of the molecule is CN(C)c1ccc(NC2=CC(=O)CCC2)cc1. The maximum Gasteiger partial charge on any atom is 0.157 e. The molecule has 1 N–H and O–H groups in total. The molecule has 0 saturated heterocycles. The second-order valence-corrected chi connectivity index (χ2v) is 4.56. The predicted octanol–water partition coefficient (Wildman–Crippen LogP) is 2.80. The number of rotatable bonds is 3. The molecule has 0 unspecified atom stereocenters. The molecule has 1 aromatic carbocycles. The molecule has 90 valence electrons. The monoisotopic (exact) mass is 230 g/mol. The Labute approximate surface area is 102 Å². The van der Waals surface area contributed by atoms with Crippen molar-refractivity contribution in [1.82, 2.24) is 0 Å². The van der Waals surface area contributed by atoms with Crippen molar-refractivity contribution in [2.24, 2.45) is 0 Å². The molecule has 0 amide bonds. The van der Waals surface area contributed by atoms with Crippen molar-refractivity contribution in [2.45, 2.75) is 19.3 Å². The Kier molecular flexibility index (Phi) is 3.47. The lowest BCUT2D eigenvalue weighted by Gasteiger charge is -2.16. The highest BCUT2D eigenvalue weighted by molar-refractivity contribution is 5.91. The van der Waals surface area contributed by atoms with Gasteiger partial charge >= 0.3 is 0 Å². The number of hydrogen-bond donors (Lipinski definition) is 1. The Hall–Kier alpha value is -1.77. The average molecular weight is 230 g/mol. The predicted molar refractivity (Wildman–Crippen MR) is 71.3 cm³/mol. The highest BCUT2D eigenvalue weighted by Gasteiger charge is 2.09. The largest absolute Gasteiger partial charge is 0.378 e. The third kappa shape index (κ3) is 3.09. The molecular formula is C14H18N2O. The fraction of sp³-hybridized carbons (Fsp3) is 0.357. The van der Waals surface area contributed by atoms with E-state index in [0.29, 0.717) is 6.42 Å². The van der Waals surface area contributed by atoms with Gasteiger partial charge in [-0.1, -0.05) is 0 Å². The topological polar surface area (TPSA) is 32.3 Å². The molecule has 17 heavy (non-hydrogen) atoms. The Morgan fingerprint density at radius 2 is 1.82 bits per heavy atom. The van der Waals surface area contributed by atoms with Crippen LogP contribution in [0.25, 0.3) is 0 Å². The van der Waals surface area contributed by atoms with Crippen LogP contribution in [0.2, 0.25) is 0 Å². The summed E-state index contributed by atoms with van der Waals surface area (Å²) in [4.78, 5) is 13.3. The third-order valence-corrected chi connectivity index (χ3v) is 2.89. The van der Waals surface area contributed by atoms with E-state index in [1.165, 1.54) is 5.69 Å². The first-order chi connectivity index (χ1) is 8.15. The van der Waals surface area contributed by atoms with Gasteiger partial charge < -0.3 is 10.2 Å². The van der Waals surface area contributed by atoms with Crippen LogP contribution in [0, 0.1) is 0 Å². The molecule has 1 aromatic rings. The van der Waals surface area contributed by atoms with E-state index < -0.39 is 0 Å². The van der Waals surface area contributed by atoms with E-state index in [4.69, 9.17) is 0 Å². The third-order valence-electron chi connectivity index (χ3n) is 2.89. The maximum absolute atomic E-state index is 11.3. The molecule has 0 heterocycles. The lowest BCUT2D eigenvalue weighted by atomic mass is 10.0. The summed E-state index contributed by atoms with van der Waals surface area (Å²) >= 11 is 0. The number of nitrogens with zero attached hydrogens (tertiary/aromatic N) is 1. The number of carbonyl (C=O) groups excluding carboxylic acids is 1. The standard InChI is InChI=1S/C14H18N2O/c1-16(2)13-8-6-11(7-9-13)15-12-4-3-5-14(17)10-12/h6-10,15H,3-5H2,1-2H3. The van der Waals surface area contributed by atoms with Crippen LogP contribution in [-0.4, -0.2) is 19.9 Å². The molecule has 0 spiro atoms. The van der Waals surface area contributed by atoms with Crippen LogP contribution < -0.4 is 10.2 Å². The van der Waals surface area contributed by atoms with Crippen LogP contribution in [0.1, 0.15) is 19.3 Å². The lowest BCUT2D eigenvalue weighted by Crippen LogP contribution is -2.10. The molecule has 0 radical (unpaired) electrons. The van der Waals surface area contributed by atoms with Crippen LogP contribution in [0.4, 0.5) is 11.4 Å². The Balaban J connectivity index is 2.06. The Morgan fingerprint density at radius 1 is 1.12 bits per heavy atom. The first-order valence-electron chi connectivity index (χ1n) is 5.93. The van der Waals surface area contributed by atoms with Gasteiger partial charge in [0.1, 0.15) is 0 Å². The highest BCUT2D eigenvalue weighted by Crippen LogP contribution is 2.20. The smallest absolute Gasteiger partial charge is 0.157 e. The van der Waals surface area contributed by atoms with Crippen LogP contribution >= 0.6 is 0 Å². The van der Waals surface area contributed by atoms with E-state index in [2.05, 4.69) is 22.3 Å². The summed E-state index contributed by atoms with van der Waals surface area (Å²) in [5, 5.41) is 3.30. The number of nitrogens with one attached hydrogen (secondary N) is 1. The molecule has 0 aromatic heterocycles. The number of benzene rings is 1. The van der Waals surface area contributed by atoms with Gasteiger partial charge in [0.25, 0.3) is 0 Å². The van der Waals surface area contributed by atoms with E-state index in [-0.39, 0.29) is 5.78 Å². The zero-order valence-corrected chi connectivity index (χ0v) is 10.4. The van der Waals surface area contributed by atoms with Crippen molar-refractivity contribution in [3.05, 3.63) is 36.0 Å². The Morgan fingerprint density at radius 3 is 2.41 bits per heavy atom. The van der Waals surface area contributed by atoms with Crippen molar-refractivity contribution >= 4 is 17.2 Å². The van der Waals surface area contributed by atoms with Gasteiger partial charge in [-0.05, 0) is 37.1 Å². The zero-order valence-electron chi connectivity index (χ0n) is 10.4. The molecule has 0 aliphatic heterocycles. The van der Waals surface area contributed by atoms with E-state index in [1.54, 1.807) is 6.08 Å². The van der Waals surface area contributed by atoms with Crippen molar-refractivity contribution < 1.29 is 4.79 Å². The average Bonchev–Trinajstić information content (AvgIpc) is 2.29. The normalized spacial score (nSPS) is 15.4. The number of anilines is 2. The van der Waals surface area contributed by atoms with Gasteiger partial charge in [0, 0.05) is 43.7 Å². The van der Waals surface area contributed by atoms with E-state index in [0.717, 1.165) is 24.2 Å². The van der Waals surface area contributed by atoms with Crippen molar-refractivity contribution in [3.63, 3.8) is 0 Å². The fourth-order valence-electron chi connectivity index (χ4n) is 1.92. The maximum atomic E-state index is 11.3. The summed E-state index contributed by atoms with van der Waals surface area (Å²) in [5.41, 5.74) is 3.24. The minimum absolute atomic E-state index is 0.226. The first-order valence-corrected chi connectivity index (χ1v) is 5.93. The van der Waals surface area contributed by atoms with Gasteiger partial charge in [-0.25, -0.2) is 0 Å². The molecule has 3 heteroatoms. The van der Waals surface area contributed by atoms with Gasteiger partial charge in [-0.15, -0.1) is 0 Å². The van der Waals surface area contributed by atoms with Gasteiger partial charge in [0.15, 0.2) is 5.78 Å². The van der Waals surface area contributed by atoms with Gasteiger partial charge in [-0.3, -0.25) is 4.79 Å². The summed E-state index contributed by atoms with van der Waals surface area (Å²) in [6.45, 7) is 0. The zero-order chi connectivity index (χ0) is 12.3. The molecule has 2 rings (SSSR count). The van der Waals surface area contributed by atoms with Crippen LogP contribution in [0.5, 0.6) is 0 Å². The van der Waals surface area contributed by atoms with E-state index >= 15 is 0 Å². The van der Waals surface area contributed by atoms with Crippen molar-refractivity contribution in [3.8, 4) is 0 Å². The minimum atomic E-state index is 0.226. The molecule has 0 fully saturated rings. The summed E-state index contributed by atoms with van der Waals surface area (Å²) < 4.78 is 0. The minimum Gasteiger partial charge on any atom is -0.378 e. The summed E-state index contributed by atoms with van der Waals surface area (Å²) in [6, 6.07) is 8.20.